The van der Waals surface area contributed by atoms with Crippen molar-refractivity contribution in [2.24, 2.45) is 0 Å². The molecule has 0 fully saturated rings. The number of benzene rings is 2. The lowest BCUT2D eigenvalue weighted by atomic mass is 10.2. The number of carbonyl (C=O) groups is 1. The van der Waals surface area contributed by atoms with E-state index in [0.717, 1.165) is 28.0 Å². The van der Waals surface area contributed by atoms with E-state index >= 15 is 0 Å². The average molecular weight is 396 g/mol. The molecule has 0 saturated carbocycles. The predicted molar refractivity (Wildman–Crippen MR) is 109 cm³/mol. The van der Waals surface area contributed by atoms with Crippen LogP contribution in [-0.2, 0) is 11.3 Å². The second-order valence-electron chi connectivity index (χ2n) is 6.29. The first-order chi connectivity index (χ1) is 13.6. The van der Waals surface area contributed by atoms with Crippen molar-refractivity contribution in [3.05, 3.63) is 48.0 Å². The maximum Gasteiger partial charge on any atom is 0.233 e. The fraction of sp³-hybridized carbons (Fsp3) is 0.250. The molecule has 28 heavy (non-hydrogen) atoms. The Labute approximate surface area is 166 Å². The van der Waals surface area contributed by atoms with Gasteiger partial charge in [0, 0.05) is 19.0 Å². The number of ether oxygens (including phenoxy) is 2. The predicted octanol–water partition coefficient (Wildman–Crippen LogP) is 3.20. The molecule has 1 aliphatic rings. The van der Waals surface area contributed by atoms with Gasteiger partial charge in [-0.05, 0) is 36.8 Å². The van der Waals surface area contributed by atoms with E-state index in [4.69, 9.17) is 9.47 Å². The van der Waals surface area contributed by atoms with Gasteiger partial charge in [-0.1, -0.05) is 30.0 Å². The molecule has 0 bridgehead atoms. The minimum absolute atomic E-state index is 0.0783. The molecule has 0 aliphatic carbocycles. The van der Waals surface area contributed by atoms with Gasteiger partial charge in [0.15, 0.2) is 16.7 Å². The summed E-state index contributed by atoms with van der Waals surface area (Å²) in [4.78, 5) is 21.6. The Morgan fingerprint density at radius 2 is 2.00 bits per heavy atom. The van der Waals surface area contributed by atoms with E-state index in [2.05, 4.69) is 20.6 Å². The van der Waals surface area contributed by atoms with Crippen LogP contribution in [0.15, 0.2) is 47.6 Å². The lowest BCUT2D eigenvalue weighted by Gasteiger charge is -2.13. The number of rotatable bonds is 6. The van der Waals surface area contributed by atoms with Gasteiger partial charge in [0.1, 0.15) is 5.82 Å². The van der Waals surface area contributed by atoms with Gasteiger partial charge in [0.25, 0.3) is 0 Å². The van der Waals surface area contributed by atoms with E-state index in [9.17, 15) is 4.79 Å². The van der Waals surface area contributed by atoms with Crippen LogP contribution < -0.4 is 20.1 Å². The van der Waals surface area contributed by atoms with Crippen molar-refractivity contribution in [3.63, 3.8) is 0 Å². The van der Waals surface area contributed by atoms with Crippen molar-refractivity contribution in [3.8, 4) is 11.5 Å². The summed E-state index contributed by atoms with van der Waals surface area (Å²) in [5, 5.41) is 7.22. The molecule has 1 aromatic heterocycles. The Morgan fingerprint density at radius 1 is 1.18 bits per heavy atom. The molecule has 2 heterocycles. The summed E-state index contributed by atoms with van der Waals surface area (Å²) < 4.78 is 10.7. The number of aromatic nitrogens is 2. The first-order valence-electron chi connectivity index (χ1n) is 8.91. The number of hydrogen-bond acceptors (Lipinski definition) is 7. The van der Waals surface area contributed by atoms with Crippen LogP contribution in [0, 0.1) is 0 Å². The highest BCUT2D eigenvalue weighted by Crippen LogP contribution is 2.32. The van der Waals surface area contributed by atoms with E-state index < -0.39 is 0 Å². The monoisotopic (exact) mass is 396 g/mol. The number of thioether (sulfide) groups is 1. The van der Waals surface area contributed by atoms with Crippen LogP contribution in [-0.4, -0.2) is 35.0 Å². The smallest absolute Gasteiger partial charge is 0.233 e. The van der Waals surface area contributed by atoms with Gasteiger partial charge in [0.2, 0.25) is 12.7 Å². The lowest BCUT2D eigenvalue weighted by Crippen LogP contribution is -2.30. The zero-order chi connectivity index (χ0) is 19.5. The van der Waals surface area contributed by atoms with Crippen LogP contribution in [0.4, 0.5) is 5.82 Å². The lowest BCUT2D eigenvalue weighted by molar-refractivity contribution is -0.120. The highest BCUT2D eigenvalue weighted by molar-refractivity contribution is 8.00. The molecule has 1 amide bonds. The number of amides is 1. The Hall–Kier alpha value is -3.00. The first kappa shape index (κ1) is 18.4. The molecule has 8 heteroatoms. The van der Waals surface area contributed by atoms with Crippen molar-refractivity contribution in [1.29, 1.82) is 0 Å². The molecule has 3 aromatic rings. The second-order valence-corrected chi connectivity index (χ2v) is 7.60. The fourth-order valence-corrected chi connectivity index (χ4v) is 3.70. The number of fused-ring (bicyclic) bond motifs is 2. The maximum atomic E-state index is 12.5. The summed E-state index contributed by atoms with van der Waals surface area (Å²) in [7, 11) is 1.82. The summed E-state index contributed by atoms with van der Waals surface area (Å²) >= 11 is 1.33. The van der Waals surface area contributed by atoms with Gasteiger partial charge in [-0.2, -0.15) is 0 Å². The minimum Gasteiger partial charge on any atom is -0.454 e. The molecule has 0 saturated heterocycles. The van der Waals surface area contributed by atoms with Crippen molar-refractivity contribution in [1.82, 2.24) is 15.3 Å². The molecule has 0 spiro atoms. The molecule has 2 N–H and O–H groups in total. The van der Waals surface area contributed by atoms with Gasteiger partial charge >= 0.3 is 0 Å². The number of hydrogen-bond donors (Lipinski definition) is 2. The molecular weight excluding hydrogens is 376 g/mol. The summed E-state index contributed by atoms with van der Waals surface area (Å²) in [5.41, 5.74) is 1.80. The highest BCUT2D eigenvalue weighted by atomic mass is 32.2. The second kappa shape index (κ2) is 7.93. The van der Waals surface area contributed by atoms with Gasteiger partial charge in [0.05, 0.1) is 10.8 Å². The molecule has 1 atom stereocenters. The molecule has 0 radical (unpaired) electrons. The average Bonchev–Trinajstić information content (AvgIpc) is 3.19. The number of para-hydroxylation sites is 1. The molecule has 7 nitrogen and oxygen atoms in total. The molecule has 1 aliphatic heterocycles. The largest absolute Gasteiger partial charge is 0.454 e. The maximum absolute atomic E-state index is 12.5. The zero-order valence-corrected chi connectivity index (χ0v) is 16.4. The number of nitrogens with zero attached hydrogens (tertiary/aromatic N) is 2. The third-order valence-corrected chi connectivity index (χ3v) is 5.34. The molecule has 144 valence electrons. The Balaban J connectivity index is 1.41. The molecule has 4 rings (SSSR count). The van der Waals surface area contributed by atoms with Crippen molar-refractivity contribution in [2.45, 2.75) is 23.9 Å². The number of carbonyl (C=O) groups excluding carboxylic acids is 1. The fourth-order valence-electron chi connectivity index (χ4n) is 2.89. The third kappa shape index (κ3) is 3.82. The van der Waals surface area contributed by atoms with Gasteiger partial charge < -0.3 is 20.1 Å². The van der Waals surface area contributed by atoms with E-state index in [0.29, 0.717) is 17.5 Å². The number of anilines is 1. The quantitative estimate of drug-likeness (QED) is 0.489. The van der Waals surface area contributed by atoms with Gasteiger partial charge in [-0.15, -0.1) is 0 Å². The van der Waals surface area contributed by atoms with Gasteiger partial charge in [-0.3, -0.25) is 4.79 Å². The SMILES string of the molecule is CNc1nc(SC(C)C(=O)NCc2ccc3c(c2)OCO3)nc2ccccc12. The third-order valence-electron chi connectivity index (χ3n) is 4.37. The summed E-state index contributed by atoms with van der Waals surface area (Å²) in [6.07, 6.45) is 0. The van der Waals surface area contributed by atoms with E-state index in [1.807, 2.05) is 56.4 Å². The number of nitrogens with one attached hydrogen (secondary N) is 2. The standard InChI is InChI=1S/C20H20N4O3S/c1-12(19(25)22-10-13-7-8-16-17(9-13)27-11-26-16)28-20-23-15-6-4-3-5-14(15)18(21-2)24-20/h3-9,12H,10-11H2,1-2H3,(H,22,25)(H,21,23,24). The van der Waals surface area contributed by atoms with Crippen molar-refractivity contribution < 1.29 is 14.3 Å². The van der Waals surface area contributed by atoms with Crippen molar-refractivity contribution in [2.75, 3.05) is 19.2 Å². The Bertz CT molecular complexity index is 1030. The molecular formula is C20H20N4O3S. The van der Waals surface area contributed by atoms with Crippen LogP contribution in [0.25, 0.3) is 10.9 Å². The highest BCUT2D eigenvalue weighted by Gasteiger charge is 2.18. The van der Waals surface area contributed by atoms with Crippen molar-refractivity contribution >= 4 is 34.4 Å². The Morgan fingerprint density at radius 3 is 2.86 bits per heavy atom. The first-order valence-corrected chi connectivity index (χ1v) is 9.79. The molecule has 1 unspecified atom stereocenters. The minimum atomic E-state index is -0.333. The summed E-state index contributed by atoms with van der Waals surface area (Å²) in [5.74, 6) is 2.11. The van der Waals surface area contributed by atoms with Crippen LogP contribution >= 0.6 is 11.8 Å². The zero-order valence-electron chi connectivity index (χ0n) is 15.6. The molecule has 2 aromatic carbocycles. The van der Waals surface area contributed by atoms with Crippen LogP contribution in [0.3, 0.4) is 0 Å². The normalized spacial score (nSPS) is 13.4. The summed E-state index contributed by atoms with van der Waals surface area (Å²) in [6.45, 7) is 2.50. The van der Waals surface area contributed by atoms with E-state index in [1.54, 1.807) is 0 Å². The van der Waals surface area contributed by atoms with E-state index in [1.165, 1.54) is 11.8 Å². The van der Waals surface area contributed by atoms with Gasteiger partial charge in [-0.25, -0.2) is 9.97 Å². The van der Waals surface area contributed by atoms with Crippen LogP contribution in [0.2, 0.25) is 0 Å². The van der Waals surface area contributed by atoms with Crippen LogP contribution in [0.1, 0.15) is 12.5 Å². The topological polar surface area (TPSA) is 85.4 Å². The summed E-state index contributed by atoms with van der Waals surface area (Å²) in [6, 6.07) is 13.4. The van der Waals surface area contributed by atoms with Crippen LogP contribution in [0.5, 0.6) is 11.5 Å². The van der Waals surface area contributed by atoms with E-state index in [-0.39, 0.29) is 18.0 Å². The Kier molecular flexibility index (Phi) is 5.21.